The number of carbonyl (C=O) groups is 1. The summed E-state index contributed by atoms with van der Waals surface area (Å²) in [5.41, 5.74) is 0. The van der Waals surface area contributed by atoms with Crippen molar-refractivity contribution in [3.05, 3.63) is 0 Å². The van der Waals surface area contributed by atoms with E-state index < -0.39 is 6.17 Å². The monoisotopic (exact) mass is 299 g/mol. The Morgan fingerprint density at radius 1 is 1.19 bits per heavy atom. The fourth-order valence-electron chi connectivity index (χ4n) is 3.56. The third-order valence-corrected chi connectivity index (χ3v) is 4.82. The van der Waals surface area contributed by atoms with E-state index in [0.717, 1.165) is 51.7 Å². The predicted molar refractivity (Wildman–Crippen MR) is 83.1 cm³/mol. The van der Waals surface area contributed by atoms with Gasteiger partial charge in [-0.25, -0.2) is 9.18 Å². The fourth-order valence-corrected chi connectivity index (χ4v) is 3.56. The van der Waals surface area contributed by atoms with Crippen LogP contribution in [0.25, 0.3) is 0 Å². The van der Waals surface area contributed by atoms with Crippen LogP contribution in [0.15, 0.2) is 0 Å². The molecule has 1 aliphatic heterocycles. The number of likely N-dealkylation sites (tertiary alicyclic amines) is 1. The number of hydrogen-bond acceptors (Lipinski definition) is 2. The normalized spacial score (nSPS) is 28.2. The molecule has 1 aliphatic carbocycles. The molecule has 1 atom stereocenters. The zero-order valence-corrected chi connectivity index (χ0v) is 13.2. The number of alkyl halides is 1. The molecule has 0 aromatic heterocycles. The molecule has 5 heteroatoms. The topological polar surface area (TPSA) is 44.4 Å². The standard InChI is InChI=1S/C16H30FN3O/c1-18-12-15(11-13-5-7-14(17)8-6-13)19-16(21)20-9-3-2-4-10-20/h13-15,18H,2-12H2,1H3,(H,19,21)/t13?,14?,15-/m0/s1. The van der Waals surface area contributed by atoms with E-state index in [1.165, 1.54) is 6.42 Å². The summed E-state index contributed by atoms with van der Waals surface area (Å²) < 4.78 is 13.2. The molecule has 2 fully saturated rings. The number of nitrogens with zero attached hydrogens (tertiary/aromatic N) is 1. The van der Waals surface area contributed by atoms with Crippen molar-refractivity contribution in [2.75, 3.05) is 26.7 Å². The van der Waals surface area contributed by atoms with E-state index in [2.05, 4.69) is 10.6 Å². The first-order valence-electron chi connectivity index (χ1n) is 8.53. The molecule has 0 unspecified atom stereocenters. The van der Waals surface area contributed by atoms with Crippen LogP contribution in [-0.2, 0) is 0 Å². The van der Waals surface area contributed by atoms with Crippen molar-refractivity contribution >= 4 is 6.03 Å². The molecular formula is C16H30FN3O. The van der Waals surface area contributed by atoms with Crippen LogP contribution in [0.2, 0.25) is 0 Å². The van der Waals surface area contributed by atoms with Crippen LogP contribution in [-0.4, -0.2) is 49.8 Å². The maximum Gasteiger partial charge on any atom is 0.317 e. The van der Waals surface area contributed by atoms with E-state index in [-0.39, 0.29) is 12.1 Å². The molecular weight excluding hydrogens is 269 g/mol. The predicted octanol–water partition coefficient (Wildman–Crippen LogP) is 2.69. The number of urea groups is 1. The highest BCUT2D eigenvalue weighted by molar-refractivity contribution is 5.74. The molecule has 1 heterocycles. The van der Waals surface area contributed by atoms with E-state index in [9.17, 15) is 9.18 Å². The van der Waals surface area contributed by atoms with Crippen LogP contribution >= 0.6 is 0 Å². The summed E-state index contributed by atoms with van der Waals surface area (Å²) >= 11 is 0. The molecule has 2 amide bonds. The summed E-state index contributed by atoms with van der Waals surface area (Å²) in [7, 11) is 1.92. The van der Waals surface area contributed by atoms with Crippen LogP contribution in [0.4, 0.5) is 9.18 Å². The maximum absolute atomic E-state index is 13.2. The highest BCUT2D eigenvalue weighted by Crippen LogP contribution is 2.29. The molecule has 1 saturated carbocycles. The lowest BCUT2D eigenvalue weighted by Crippen LogP contribution is -2.50. The smallest absolute Gasteiger partial charge is 0.317 e. The van der Waals surface area contributed by atoms with Gasteiger partial charge in [-0.05, 0) is 64.3 Å². The minimum absolute atomic E-state index is 0.0779. The van der Waals surface area contributed by atoms with Gasteiger partial charge in [0, 0.05) is 25.7 Å². The lowest BCUT2D eigenvalue weighted by molar-refractivity contribution is 0.171. The molecule has 0 bridgehead atoms. The summed E-state index contributed by atoms with van der Waals surface area (Å²) in [5.74, 6) is 0.553. The van der Waals surface area contributed by atoms with Gasteiger partial charge in [0.1, 0.15) is 6.17 Å². The number of likely N-dealkylation sites (N-methyl/N-ethyl adjacent to an activating group) is 1. The summed E-state index contributed by atoms with van der Waals surface area (Å²) in [4.78, 5) is 14.2. The van der Waals surface area contributed by atoms with Gasteiger partial charge in [0.25, 0.3) is 0 Å². The van der Waals surface area contributed by atoms with Crippen molar-refractivity contribution in [3.8, 4) is 0 Å². The Morgan fingerprint density at radius 3 is 2.48 bits per heavy atom. The molecule has 2 aliphatic rings. The molecule has 0 radical (unpaired) electrons. The maximum atomic E-state index is 13.2. The average Bonchev–Trinajstić information content (AvgIpc) is 2.50. The number of piperidine rings is 1. The van der Waals surface area contributed by atoms with Crippen LogP contribution in [0.5, 0.6) is 0 Å². The van der Waals surface area contributed by atoms with Crippen molar-refractivity contribution < 1.29 is 9.18 Å². The largest absolute Gasteiger partial charge is 0.334 e. The van der Waals surface area contributed by atoms with Gasteiger partial charge in [-0.3, -0.25) is 0 Å². The number of nitrogens with one attached hydrogen (secondary N) is 2. The van der Waals surface area contributed by atoms with Gasteiger partial charge in [0.2, 0.25) is 0 Å². The third kappa shape index (κ3) is 5.46. The molecule has 0 aromatic rings. The van der Waals surface area contributed by atoms with Crippen molar-refractivity contribution in [1.82, 2.24) is 15.5 Å². The Balaban J connectivity index is 1.78. The molecule has 0 aromatic carbocycles. The van der Waals surface area contributed by atoms with Gasteiger partial charge >= 0.3 is 6.03 Å². The Bertz CT molecular complexity index is 313. The molecule has 21 heavy (non-hydrogen) atoms. The Kier molecular flexibility index (Phi) is 6.74. The lowest BCUT2D eigenvalue weighted by atomic mass is 9.84. The van der Waals surface area contributed by atoms with Crippen molar-refractivity contribution in [2.45, 2.75) is 63.6 Å². The van der Waals surface area contributed by atoms with E-state index in [4.69, 9.17) is 0 Å². The second kappa shape index (κ2) is 8.57. The number of amides is 2. The van der Waals surface area contributed by atoms with Crippen LogP contribution in [0.3, 0.4) is 0 Å². The molecule has 4 nitrogen and oxygen atoms in total. The van der Waals surface area contributed by atoms with E-state index in [1.807, 2.05) is 11.9 Å². The first-order chi connectivity index (χ1) is 10.2. The molecule has 2 rings (SSSR count). The second-order valence-corrected chi connectivity index (χ2v) is 6.61. The summed E-state index contributed by atoms with van der Waals surface area (Å²) in [5, 5.41) is 6.34. The Morgan fingerprint density at radius 2 is 1.86 bits per heavy atom. The summed E-state index contributed by atoms with van der Waals surface area (Å²) in [6.07, 6.45) is 7.13. The Hall–Kier alpha value is -0.840. The molecule has 2 N–H and O–H groups in total. The van der Waals surface area contributed by atoms with Crippen molar-refractivity contribution in [2.24, 2.45) is 5.92 Å². The number of hydrogen-bond donors (Lipinski definition) is 2. The van der Waals surface area contributed by atoms with Gasteiger partial charge in [-0.2, -0.15) is 0 Å². The first-order valence-corrected chi connectivity index (χ1v) is 8.53. The average molecular weight is 299 g/mol. The van der Waals surface area contributed by atoms with Gasteiger partial charge in [-0.15, -0.1) is 0 Å². The number of carbonyl (C=O) groups excluding carboxylic acids is 1. The molecule has 122 valence electrons. The third-order valence-electron chi connectivity index (χ3n) is 4.82. The zero-order valence-electron chi connectivity index (χ0n) is 13.2. The van der Waals surface area contributed by atoms with E-state index >= 15 is 0 Å². The highest BCUT2D eigenvalue weighted by atomic mass is 19.1. The van der Waals surface area contributed by atoms with Crippen LogP contribution in [0, 0.1) is 5.92 Å². The van der Waals surface area contributed by atoms with E-state index in [0.29, 0.717) is 18.8 Å². The number of halogens is 1. The van der Waals surface area contributed by atoms with Crippen LogP contribution < -0.4 is 10.6 Å². The minimum Gasteiger partial charge on any atom is -0.334 e. The summed E-state index contributed by atoms with van der Waals surface area (Å²) in [6.45, 7) is 2.55. The minimum atomic E-state index is -0.605. The summed E-state index contributed by atoms with van der Waals surface area (Å²) in [6, 6.07) is 0.236. The molecule has 1 saturated heterocycles. The van der Waals surface area contributed by atoms with Gasteiger partial charge in [0.15, 0.2) is 0 Å². The van der Waals surface area contributed by atoms with Crippen LogP contribution in [0.1, 0.15) is 51.4 Å². The van der Waals surface area contributed by atoms with Crippen molar-refractivity contribution in [1.29, 1.82) is 0 Å². The fraction of sp³-hybridized carbons (Fsp3) is 0.938. The number of rotatable bonds is 5. The first kappa shape index (κ1) is 16.5. The highest BCUT2D eigenvalue weighted by Gasteiger charge is 2.25. The quantitative estimate of drug-likeness (QED) is 0.820. The van der Waals surface area contributed by atoms with Crippen molar-refractivity contribution in [3.63, 3.8) is 0 Å². The van der Waals surface area contributed by atoms with E-state index in [1.54, 1.807) is 0 Å². The second-order valence-electron chi connectivity index (χ2n) is 6.61. The Labute approximate surface area is 127 Å². The van der Waals surface area contributed by atoms with Gasteiger partial charge < -0.3 is 15.5 Å². The van der Waals surface area contributed by atoms with Gasteiger partial charge in [0.05, 0.1) is 0 Å². The van der Waals surface area contributed by atoms with Gasteiger partial charge in [-0.1, -0.05) is 0 Å². The SMILES string of the molecule is CNC[C@H](CC1CCC(F)CC1)NC(=O)N1CCCCC1. The lowest BCUT2D eigenvalue weighted by Gasteiger charge is -2.32. The molecule has 0 spiro atoms. The zero-order chi connectivity index (χ0) is 15.1.